The van der Waals surface area contributed by atoms with Crippen LogP contribution in [0.5, 0.6) is 0 Å². The molecule has 0 saturated heterocycles. The van der Waals surface area contributed by atoms with Crippen molar-refractivity contribution < 1.29 is 14.4 Å². The van der Waals surface area contributed by atoms with E-state index >= 15 is 0 Å². The summed E-state index contributed by atoms with van der Waals surface area (Å²) in [6.07, 6.45) is 2.25. The Morgan fingerprint density at radius 1 is 0.828 bits per heavy atom. The molecule has 0 radical (unpaired) electrons. The number of nitrogens with one attached hydrogen (secondary N) is 3. The molecule has 2 rings (SSSR count). The molecule has 6 heteroatoms. The highest BCUT2D eigenvalue weighted by Gasteiger charge is 2.07. The number of hydrogen-bond donors (Lipinski definition) is 3. The Morgan fingerprint density at radius 3 is 2.31 bits per heavy atom. The van der Waals surface area contributed by atoms with Gasteiger partial charge in [-0.15, -0.1) is 0 Å². The van der Waals surface area contributed by atoms with Gasteiger partial charge in [-0.2, -0.15) is 0 Å². The van der Waals surface area contributed by atoms with Crippen LogP contribution in [0.1, 0.15) is 42.9 Å². The minimum atomic E-state index is -0.255. The molecule has 0 atom stereocenters. The molecule has 0 aliphatic rings. The fourth-order valence-electron chi connectivity index (χ4n) is 2.75. The molecule has 29 heavy (non-hydrogen) atoms. The van der Waals surface area contributed by atoms with Gasteiger partial charge in [-0.05, 0) is 43.0 Å². The average Bonchev–Trinajstić information content (AvgIpc) is 2.70. The molecular formula is C23H29N3O3. The summed E-state index contributed by atoms with van der Waals surface area (Å²) in [6.45, 7) is 4.25. The van der Waals surface area contributed by atoms with Crippen molar-refractivity contribution in [3.05, 3.63) is 65.2 Å². The molecule has 0 aliphatic heterocycles. The van der Waals surface area contributed by atoms with Gasteiger partial charge in [0.05, 0.1) is 6.54 Å². The van der Waals surface area contributed by atoms with Crippen LogP contribution in [0.2, 0.25) is 0 Å². The summed E-state index contributed by atoms with van der Waals surface area (Å²) in [5, 5.41) is 8.25. The maximum atomic E-state index is 12.0. The first-order valence-electron chi connectivity index (χ1n) is 9.94. The van der Waals surface area contributed by atoms with Crippen LogP contribution in [0, 0.1) is 6.92 Å². The lowest BCUT2D eigenvalue weighted by Crippen LogP contribution is -2.36. The lowest BCUT2D eigenvalue weighted by Gasteiger charge is -2.09. The smallest absolute Gasteiger partial charge is 0.239 e. The van der Waals surface area contributed by atoms with Crippen molar-refractivity contribution in [3.8, 4) is 0 Å². The van der Waals surface area contributed by atoms with Gasteiger partial charge in [-0.3, -0.25) is 14.4 Å². The van der Waals surface area contributed by atoms with Gasteiger partial charge in [-0.1, -0.05) is 48.9 Å². The van der Waals surface area contributed by atoms with Gasteiger partial charge in [-0.25, -0.2) is 0 Å². The van der Waals surface area contributed by atoms with Gasteiger partial charge in [0.2, 0.25) is 17.7 Å². The van der Waals surface area contributed by atoms with Crippen molar-refractivity contribution in [2.45, 2.75) is 46.1 Å². The van der Waals surface area contributed by atoms with Crippen molar-refractivity contribution in [2.24, 2.45) is 0 Å². The summed E-state index contributed by atoms with van der Waals surface area (Å²) in [4.78, 5) is 35.6. The van der Waals surface area contributed by atoms with Crippen LogP contribution in [-0.2, 0) is 27.3 Å². The molecule has 0 aliphatic carbocycles. The summed E-state index contributed by atoms with van der Waals surface area (Å²) < 4.78 is 0. The summed E-state index contributed by atoms with van der Waals surface area (Å²) in [7, 11) is 0. The number of carbonyl (C=O) groups excluding carboxylic acids is 3. The SMILES string of the molecule is CCCC(=O)Nc1cccc(CNC(=O)CNC(=O)CCc2ccc(C)cc2)c1. The highest BCUT2D eigenvalue weighted by atomic mass is 16.2. The normalized spacial score (nSPS) is 10.3. The standard InChI is InChI=1S/C23H29N3O3/c1-3-5-22(28)26-20-7-4-6-19(14-20)15-24-23(29)16-25-21(27)13-12-18-10-8-17(2)9-11-18/h4,6-11,14H,3,5,12-13,15-16H2,1-2H3,(H,24,29)(H,25,27)(H,26,28). The maximum Gasteiger partial charge on any atom is 0.239 e. The fraction of sp³-hybridized carbons (Fsp3) is 0.348. The molecule has 0 heterocycles. The summed E-state index contributed by atoms with van der Waals surface area (Å²) in [6, 6.07) is 15.4. The fourth-order valence-corrected chi connectivity index (χ4v) is 2.75. The predicted octanol–water partition coefficient (Wildman–Crippen LogP) is 3.10. The van der Waals surface area contributed by atoms with E-state index in [1.54, 1.807) is 0 Å². The predicted molar refractivity (Wildman–Crippen MR) is 114 cm³/mol. The Morgan fingerprint density at radius 2 is 1.59 bits per heavy atom. The zero-order valence-electron chi connectivity index (χ0n) is 17.1. The molecule has 0 saturated carbocycles. The molecule has 6 nitrogen and oxygen atoms in total. The first-order valence-corrected chi connectivity index (χ1v) is 9.94. The number of amides is 3. The van der Waals surface area contributed by atoms with Crippen molar-refractivity contribution in [1.82, 2.24) is 10.6 Å². The molecule has 3 amide bonds. The van der Waals surface area contributed by atoms with Crippen LogP contribution in [-0.4, -0.2) is 24.3 Å². The molecule has 2 aromatic carbocycles. The van der Waals surface area contributed by atoms with E-state index in [1.807, 2.05) is 62.4 Å². The van der Waals surface area contributed by atoms with Crippen molar-refractivity contribution >= 4 is 23.4 Å². The highest BCUT2D eigenvalue weighted by molar-refractivity contribution is 5.90. The summed E-state index contributed by atoms with van der Waals surface area (Å²) in [5.74, 6) is -0.433. The second-order valence-electron chi connectivity index (χ2n) is 7.04. The van der Waals surface area contributed by atoms with Crippen LogP contribution in [0.15, 0.2) is 48.5 Å². The van der Waals surface area contributed by atoms with E-state index in [2.05, 4.69) is 16.0 Å². The first-order chi connectivity index (χ1) is 14.0. The summed E-state index contributed by atoms with van der Waals surface area (Å²) in [5.41, 5.74) is 3.86. The third kappa shape index (κ3) is 8.60. The van der Waals surface area contributed by atoms with Gasteiger partial charge < -0.3 is 16.0 Å². The van der Waals surface area contributed by atoms with Crippen LogP contribution < -0.4 is 16.0 Å². The minimum Gasteiger partial charge on any atom is -0.350 e. The van der Waals surface area contributed by atoms with E-state index in [0.717, 1.165) is 17.5 Å². The van der Waals surface area contributed by atoms with E-state index in [9.17, 15) is 14.4 Å². The van der Waals surface area contributed by atoms with E-state index < -0.39 is 0 Å². The molecule has 0 spiro atoms. The largest absolute Gasteiger partial charge is 0.350 e. The van der Waals surface area contributed by atoms with Crippen molar-refractivity contribution in [1.29, 1.82) is 0 Å². The Labute approximate surface area is 172 Å². The quantitative estimate of drug-likeness (QED) is 0.578. The van der Waals surface area contributed by atoms with E-state index in [1.165, 1.54) is 5.56 Å². The minimum absolute atomic E-state index is 0.0259. The number of hydrogen-bond acceptors (Lipinski definition) is 3. The van der Waals surface area contributed by atoms with E-state index in [4.69, 9.17) is 0 Å². The number of anilines is 1. The van der Waals surface area contributed by atoms with Gasteiger partial charge >= 0.3 is 0 Å². The lowest BCUT2D eigenvalue weighted by molar-refractivity contribution is -0.126. The second-order valence-corrected chi connectivity index (χ2v) is 7.04. The van der Waals surface area contributed by atoms with Gasteiger partial charge in [0, 0.05) is 25.1 Å². The number of aryl methyl sites for hydroxylation is 2. The summed E-state index contributed by atoms with van der Waals surface area (Å²) >= 11 is 0. The van der Waals surface area contributed by atoms with Crippen LogP contribution in [0.25, 0.3) is 0 Å². The second kappa shape index (κ2) is 11.6. The lowest BCUT2D eigenvalue weighted by atomic mass is 10.1. The number of rotatable bonds is 10. The van der Waals surface area contributed by atoms with Crippen LogP contribution in [0.3, 0.4) is 0 Å². The molecule has 0 bridgehead atoms. The third-order valence-corrected chi connectivity index (χ3v) is 4.38. The number of carbonyl (C=O) groups is 3. The van der Waals surface area contributed by atoms with Crippen LogP contribution in [0.4, 0.5) is 5.69 Å². The van der Waals surface area contributed by atoms with E-state index in [0.29, 0.717) is 31.5 Å². The zero-order valence-corrected chi connectivity index (χ0v) is 17.1. The third-order valence-electron chi connectivity index (χ3n) is 4.38. The Kier molecular flexibility index (Phi) is 8.89. The Balaban J connectivity index is 1.69. The zero-order chi connectivity index (χ0) is 21.1. The molecule has 0 fully saturated rings. The van der Waals surface area contributed by atoms with E-state index in [-0.39, 0.29) is 24.3 Å². The highest BCUT2D eigenvalue weighted by Crippen LogP contribution is 2.11. The topological polar surface area (TPSA) is 87.3 Å². The Bertz CT molecular complexity index is 832. The molecule has 0 aromatic heterocycles. The number of benzene rings is 2. The van der Waals surface area contributed by atoms with Crippen LogP contribution >= 0.6 is 0 Å². The van der Waals surface area contributed by atoms with Crippen molar-refractivity contribution in [3.63, 3.8) is 0 Å². The van der Waals surface area contributed by atoms with Gasteiger partial charge in [0.25, 0.3) is 0 Å². The monoisotopic (exact) mass is 395 g/mol. The van der Waals surface area contributed by atoms with Crippen molar-refractivity contribution in [2.75, 3.05) is 11.9 Å². The molecule has 3 N–H and O–H groups in total. The molecule has 2 aromatic rings. The van der Waals surface area contributed by atoms with Gasteiger partial charge in [0.15, 0.2) is 0 Å². The molecule has 154 valence electrons. The van der Waals surface area contributed by atoms with Gasteiger partial charge in [0.1, 0.15) is 0 Å². The first kappa shape index (κ1) is 22.1. The molecule has 0 unspecified atom stereocenters. The molecular weight excluding hydrogens is 366 g/mol. The Hall–Kier alpha value is -3.15. The maximum absolute atomic E-state index is 12.0. The average molecular weight is 396 g/mol.